The van der Waals surface area contributed by atoms with E-state index in [1.54, 1.807) is 0 Å². The Morgan fingerprint density at radius 2 is 2.00 bits per heavy atom. The summed E-state index contributed by atoms with van der Waals surface area (Å²) in [5.41, 5.74) is 3.45. The number of carbonyl (C=O) groups excluding carboxylic acids is 1. The molecule has 25 heavy (non-hydrogen) atoms. The Kier molecular flexibility index (Phi) is 4.65. The third kappa shape index (κ3) is 4.16. The molecular weight excluding hydrogens is 324 g/mol. The number of nitrogens with one attached hydrogen (secondary N) is 1. The van der Waals surface area contributed by atoms with Gasteiger partial charge in [0.25, 0.3) is 5.91 Å². The lowest BCUT2D eigenvalue weighted by atomic mass is 10.2. The number of rotatable bonds is 5. The SMILES string of the molecule is O=C(Cn1nnc(-c2ccccc2)n1)N/N=C\c1ccc(O)cc1O. The molecule has 9 nitrogen and oxygen atoms in total. The largest absolute Gasteiger partial charge is 0.508 e. The van der Waals surface area contributed by atoms with Crippen molar-refractivity contribution < 1.29 is 15.0 Å². The summed E-state index contributed by atoms with van der Waals surface area (Å²) in [6.45, 7) is -0.154. The molecule has 0 spiro atoms. The topological polar surface area (TPSA) is 126 Å². The van der Waals surface area contributed by atoms with Crippen LogP contribution in [0.5, 0.6) is 11.5 Å². The van der Waals surface area contributed by atoms with Crippen LogP contribution in [0.3, 0.4) is 0 Å². The summed E-state index contributed by atoms with van der Waals surface area (Å²) in [5.74, 6) is -0.244. The first kappa shape index (κ1) is 16.1. The second-order valence-electron chi connectivity index (χ2n) is 5.05. The molecule has 0 bridgehead atoms. The van der Waals surface area contributed by atoms with Crippen LogP contribution in [-0.4, -0.2) is 42.5 Å². The summed E-state index contributed by atoms with van der Waals surface area (Å²) in [6, 6.07) is 13.3. The summed E-state index contributed by atoms with van der Waals surface area (Å²) in [7, 11) is 0. The van der Waals surface area contributed by atoms with E-state index < -0.39 is 5.91 Å². The summed E-state index contributed by atoms with van der Waals surface area (Å²) < 4.78 is 0. The smallest absolute Gasteiger partial charge is 0.263 e. The highest BCUT2D eigenvalue weighted by molar-refractivity contribution is 5.85. The number of phenols is 2. The average Bonchev–Trinajstić information content (AvgIpc) is 3.06. The molecule has 0 unspecified atom stereocenters. The minimum atomic E-state index is -0.452. The molecule has 1 amide bonds. The molecule has 1 aromatic heterocycles. The van der Waals surface area contributed by atoms with Crippen LogP contribution in [0.2, 0.25) is 0 Å². The zero-order valence-corrected chi connectivity index (χ0v) is 12.9. The fourth-order valence-electron chi connectivity index (χ4n) is 1.99. The van der Waals surface area contributed by atoms with Gasteiger partial charge < -0.3 is 10.2 Å². The number of hydrogen-bond donors (Lipinski definition) is 3. The maximum Gasteiger partial charge on any atom is 0.263 e. The minimum absolute atomic E-state index is 0.0647. The number of aromatic hydroxyl groups is 2. The Hall–Kier alpha value is -3.75. The zero-order chi connectivity index (χ0) is 17.6. The molecule has 2 aromatic carbocycles. The lowest BCUT2D eigenvalue weighted by Crippen LogP contribution is -2.24. The Labute approximate surface area is 142 Å². The molecule has 3 N–H and O–H groups in total. The molecule has 9 heteroatoms. The van der Waals surface area contributed by atoms with Crippen LogP contribution >= 0.6 is 0 Å². The van der Waals surface area contributed by atoms with Gasteiger partial charge in [-0.3, -0.25) is 4.79 Å². The number of nitrogens with zero attached hydrogens (tertiary/aromatic N) is 5. The van der Waals surface area contributed by atoms with Crippen molar-refractivity contribution in [2.45, 2.75) is 6.54 Å². The van der Waals surface area contributed by atoms with E-state index in [1.807, 2.05) is 30.3 Å². The first-order chi connectivity index (χ1) is 12.1. The van der Waals surface area contributed by atoms with Gasteiger partial charge in [-0.25, -0.2) is 5.43 Å². The van der Waals surface area contributed by atoms with Gasteiger partial charge in [0.1, 0.15) is 18.0 Å². The van der Waals surface area contributed by atoms with Crippen molar-refractivity contribution >= 4 is 12.1 Å². The third-order valence-electron chi connectivity index (χ3n) is 3.18. The molecular formula is C16H14N6O3. The van der Waals surface area contributed by atoms with Crippen molar-refractivity contribution in [3.8, 4) is 22.9 Å². The molecule has 0 atom stereocenters. The van der Waals surface area contributed by atoms with Gasteiger partial charge in [-0.15, -0.1) is 10.2 Å². The average molecular weight is 338 g/mol. The number of hydrazone groups is 1. The molecule has 0 aliphatic rings. The van der Waals surface area contributed by atoms with E-state index >= 15 is 0 Å². The molecule has 3 rings (SSSR count). The molecule has 0 fully saturated rings. The van der Waals surface area contributed by atoms with Crippen molar-refractivity contribution in [3.05, 3.63) is 54.1 Å². The van der Waals surface area contributed by atoms with E-state index in [4.69, 9.17) is 0 Å². The maximum atomic E-state index is 11.8. The van der Waals surface area contributed by atoms with Gasteiger partial charge in [0, 0.05) is 17.2 Å². The van der Waals surface area contributed by atoms with E-state index in [0.29, 0.717) is 11.4 Å². The van der Waals surface area contributed by atoms with Crippen LogP contribution < -0.4 is 5.43 Å². The van der Waals surface area contributed by atoms with Gasteiger partial charge in [-0.1, -0.05) is 30.3 Å². The van der Waals surface area contributed by atoms with E-state index in [2.05, 4.69) is 25.9 Å². The predicted octanol–water partition coefficient (Wildman–Crippen LogP) is 0.902. The standard InChI is InChI=1S/C16H14N6O3/c23-13-7-6-12(14(24)8-13)9-17-18-15(25)10-22-20-16(19-21-22)11-4-2-1-3-5-11/h1-9,23-24H,10H2,(H,18,25)/b17-9-. The highest BCUT2D eigenvalue weighted by Crippen LogP contribution is 2.20. The van der Waals surface area contributed by atoms with Crippen LogP contribution in [-0.2, 0) is 11.3 Å². The highest BCUT2D eigenvalue weighted by Gasteiger charge is 2.08. The van der Waals surface area contributed by atoms with Gasteiger partial charge in [0.05, 0.1) is 6.21 Å². The number of tetrazole rings is 1. The number of aromatic nitrogens is 4. The fraction of sp³-hybridized carbons (Fsp3) is 0.0625. The molecule has 0 aliphatic carbocycles. The van der Waals surface area contributed by atoms with Crippen molar-refractivity contribution in [2.24, 2.45) is 5.10 Å². The van der Waals surface area contributed by atoms with E-state index in [1.165, 1.54) is 24.4 Å². The maximum absolute atomic E-state index is 11.8. The zero-order valence-electron chi connectivity index (χ0n) is 12.9. The number of hydrogen-bond acceptors (Lipinski definition) is 7. The van der Waals surface area contributed by atoms with Crippen LogP contribution in [0.4, 0.5) is 0 Å². The molecule has 0 aliphatic heterocycles. The van der Waals surface area contributed by atoms with Crippen molar-refractivity contribution in [3.63, 3.8) is 0 Å². The van der Waals surface area contributed by atoms with E-state index in [9.17, 15) is 15.0 Å². The second kappa shape index (κ2) is 7.21. The second-order valence-corrected chi connectivity index (χ2v) is 5.05. The number of amides is 1. The molecule has 0 radical (unpaired) electrons. The van der Waals surface area contributed by atoms with Gasteiger partial charge >= 0.3 is 0 Å². The lowest BCUT2D eigenvalue weighted by molar-refractivity contribution is -0.122. The highest BCUT2D eigenvalue weighted by atomic mass is 16.3. The molecule has 0 saturated carbocycles. The van der Waals surface area contributed by atoms with Gasteiger partial charge in [-0.2, -0.15) is 9.90 Å². The number of benzene rings is 2. The molecule has 1 heterocycles. The monoisotopic (exact) mass is 338 g/mol. The molecule has 3 aromatic rings. The Bertz CT molecular complexity index is 907. The Balaban J connectivity index is 1.58. The van der Waals surface area contributed by atoms with Gasteiger partial charge in [0.2, 0.25) is 5.82 Å². The first-order valence-corrected chi connectivity index (χ1v) is 7.29. The van der Waals surface area contributed by atoms with Crippen molar-refractivity contribution in [1.29, 1.82) is 0 Å². The normalized spacial score (nSPS) is 10.9. The van der Waals surface area contributed by atoms with Crippen LogP contribution in [0.15, 0.2) is 53.6 Å². The Morgan fingerprint density at radius 1 is 1.20 bits per heavy atom. The third-order valence-corrected chi connectivity index (χ3v) is 3.18. The lowest BCUT2D eigenvalue weighted by Gasteiger charge is -2.00. The molecule has 0 saturated heterocycles. The summed E-state index contributed by atoms with van der Waals surface area (Å²) in [4.78, 5) is 13.0. The predicted molar refractivity (Wildman–Crippen MR) is 88.8 cm³/mol. The quantitative estimate of drug-likeness (QED) is 0.469. The van der Waals surface area contributed by atoms with Crippen LogP contribution in [0, 0.1) is 0 Å². The van der Waals surface area contributed by atoms with E-state index in [-0.39, 0.29) is 18.0 Å². The molecule has 126 valence electrons. The van der Waals surface area contributed by atoms with Crippen molar-refractivity contribution in [2.75, 3.05) is 0 Å². The Morgan fingerprint density at radius 3 is 2.76 bits per heavy atom. The summed E-state index contributed by atoms with van der Waals surface area (Å²) in [6.07, 6.45) is 1.26. The number of carbonyl (C=O) groups is 1. The van der Waals surface area contributed by atoms with Crippen LogP contribution in [0.25, 0.3) is 11.4 Å². The minimum Gasteiger partial charge on any atom is -0.508 e. The van der Waals surface area contributed by atoms with Gasteiger partial charge in [-0.05, 0) is 17.3 Å². The summed E-state index contributed by atoms with van der Waals surface area (Å²) in [5, 5.41) is 34.4. The first-order valence-electron chi connectivity index (χ1n) is 7.29. The van der Waals surface area contributed by atoms with Gasteiger partial charge in [0.15, 0.2) is 0 Å². The van der Waals surface area contributed by atoms with Crippen molar-refractivity contribution in [1.82, 2.24) is 25.6 Å². The van der Waals surface area contributed by atoms with E-state index in [0.717, 1.165) is 10.4 Å². The van der Waals surface area contributed by atoms with Crippen LogP contribution in [0.1, 0.15) is 5.56 Å². The summed E-state index contributed by atoms with van der Waals surface area (Å²) >= 11 is 0. The number of phenolic OH excluding ortho intramolecular Hbond substituents is 2. The fourth-order valence-corrected chi connectivity index (χ4v) is 1.99.